The van der Waals surface area contributed by atoms with Gasteiger partial charge in [-0.05, 0) is 18.6 Å². The highest BCUT2D eigenvalue weighted by Crippen LogP contribution is 2.28. The molecule has 106 valence electrons. The first-order valence-corrected chi connectivity index (χ1v) is 6.42. The number of nitrogens with zero attached hydrogens (tertiary/aromatic N) is 3. The van der Waals surface area contributed by atoms with Crippen LogP contribution in [-0.2, 0) is 6.54 Å². The van der Waals surface area contributed by atoms with E-state index in [1.54, 1.807) is 23.1 Å². The molecule has 0 aliphatic rings. The highest BCUT2D eigenvalue weighted by Gasteiger charge is 2.12. The van der Waals surface area contributed by atoms with Crippen molar-refractivity contribution >= 4 is 28.9 Å². The highest BCUT2D eigenvalue weighted by atomic mass is 35.5. The van der Waals surface area contributed by atoms with Crippen LogP contribution in [0.3, 0.4) is 0 Å². The first-order valence-electron chi connectivity index (χ1n) is 6.04. The summed E-state index contributed by atoms with van der Waals surface area (Å²) in [7, 11) is 0. The smallest absolute Gasteiger partial charge is 0.250 e. The molecular formula is C12H15ClN6O. The molecule has 20 heavy (non-hydrogen) atoms. The topological polar surface area (TPSA) is 112 Å². The summed E-state index contributed by atoms with van der Waals surface area (Å²) in [4.78, 5) is 11.4. The molecule has 2 rings (SSSR count). The molecule has 0 saturated carbocycles. The lowest BCUT2D eigenvalue weighted by atomic mass is 10.1. The second kappa shape index (κ2) is 6.25. The van der Waals surface area contributed by atoms with Crippen LogP contribution >= 0.6 is 11.6 Å². The second-order valence-corrected chi connectivity index (χ2v) is 4.64. The summed E-state index contributed by atoms with van der Waals surface area (Å²) in [5.41, 5.74) is 12.2. The van der Waals surface area contributed by atoms with Crippen molar-refractivity contribution in [3.8, 4) is 0 Å². The number of aryl methyl sites for hydroxylation is 1. The predicted octanol–water partition coefficient (Wildman–Crippen LogP) is 1.11. The maximum Gasteiger partial charge on any atom is 0.250 e. The number of hydrogen-bond donors (Lipinski definition) is 3. The van der Waals surface area contributed by atoms with Crippen molar-refractivity contribution in [2.75, 3.05) is 17.6 Å². The van der Waals surface area contributed by atoms with E-state index in [1.807, 2.05) is 0 Å². The van der Waals surface area contributed by atoms with Crippen molar-refractivity contribution < 1.29 is 4.79 Å². The number of aromatic nitrogens is 3. The monoisotopic (exact) mass is 294 g/mol. The number of carbonyl (C=O) groups excluding carboxylic acids is 1. The van der Waals surface area contributed by atoms with Gasteiger partial charge >= 0.3 is 0 Å². The molecule has 0 aliphatic heterocycles. The Morgan fingerprint density at radius 1 is 1.45 bits per heavy atom. The number of amides is 1. The number of nitrogens with two attached hydrogens (primary N) is 2. The number of nitrogen functional groups attached to an aromatic ring is 1. The SMILES string of the molecule is NC(=O)c1cc(N)cc(Cl)c1NCCCn1ccnn1. The molecule has 0 saturated heterocycles. The minimum Gasteiger partial charge on any atom is -0.399 e. The second-order valence-electron chi connectivity index (χ2n) is 4.24. The third-order valence-electron chi connectivity index (χ3n) is 2.72. The summed E-state index contributed by atoms with van der Waals surface area (Å²) in [5, 5.41) is 11.1. The number of benzene rings is 1. The molecule has 0 atom stereocenters. The van der Waals surface area contributed by atoms with Crippen LogP contribution in [0, 0.1) is 0 Å². The molecule has 0 unspecified atom stereocenters. The maximum atomic E-state index is 11.4. The average molecular weight is 295 g/mol. The lowest BCUT2D eigenvalue weighted by molar-refractivity contribution is 0.100. The summed E-state index contributed by atoms with van der Waals surface area (Å²) in [6.07, 6.45) is 4.20. The van der Waals surface area contributed by atoms with E-state index in [0.29, 0.717) is 29.5 Å². The number of halogens is 1. The van der Waals surface area contributed by atoms with Gasteiger partial charge in [0.05, 0.1) is 22.5 Å². The Hall–Kier alpha value is -2.28. The Bertz CT molecular complexity index is 598. The van der Waals surface area contributed by atoms with E-state index in [1.165, 1.54) is 6.07 Å². The summed E-state index contributed by atoms with van der Waals surface area (Å²) in [5.74, 6) is -0.571. The molecule has 1 heterocycles. The summed E-state index contributed by atoms with van der Waals surface area (Å²) in [6.45, 7) is 1.33. The molecule has 7 nitrogen and oxygen atoms in total. The Morgan fingerprint density at radius 3 is 2.90 bits per heavy atom. The van der Waals surface area contributed by atoms with Crippen molar-refractivity contribution in [2.24, 2.45) is 5.73 Å². The quantitative estimate of drug-likeness (QED) is 0.546. The van der Waals surface area contributed by atoms with Crippen LogP contribution in [0.15, 0.2) is 24.5 Å². The van der Waals surface area contributed by atoms with Gasteiger partial charge in [-0.1, -0.05) is 16.8 Å². The van der Waals surface area contributed by atoms with Crippen molar-refractivity contribution in [1.82, 2.24) is 15.0 Å². The first-order chi connectivity index (χ1) is 9.58. The third-order valence-corrected chi connectivity index (χ3v) is 3.01. The van der Waals surface area contributed by atoms with Gasteiger partial charge in [0.1, 0.15) is 0 Å². The lowest BCUT2D eigenvalue weighted by Crippen LogP contribution is -2.16. The van der Waals surface area contributed by atoms with Crippen molar-refractivity contribution in [1.29, 1.82) is 0 Å². The fourth-order valence-electron chi connectivity index (χ4n) is 1.81. The molecule has 5 N–H and O–H groups in total. The van der Waals surface area contributed by atoms with E-state index in [9.17, 15) is 4.79 Å². The molecule has 2 aromatic rings. The number of primary amides is 1. The highest BCUT2D eigenvalue weighted by molar-refractivity contribution is 6.34. The fraction of sp³-hybridized carbons (Fsp3) is 0.250. The molecule has 0 fully saturated rings. The molecule has 8 heteroatoms. The minimum atomic E-state index is -0.571. The maximum absolute atomic E-state index is 11.4. The van der Waals surface area contributed by atoms with E-state index >= 15 is 0 Å². The third kappa shape index (κ3) is 3.39. The van der Waals surface area contributed by atoms with E-state index in [2.05, 4.69) is 15.6 Å². The van der Waals surface area contributed by atoms with Gasteiger partial charge in [-0.15, -0.1) is 5.10 Å². The molecule has 1 aromatic heterocycles. The molecule has 1 amide bonds. The molecule has 0 bridgehead atoms. The van der Waals surface area contributed by atoms with Crippen LogP contribution in [-0.4, -0.2) is 27.4 Å². The Balaban J connectivity index is 2.00. The van der Waals surface area contributed by atoms with Crippen LogP contribution in [0.5, 0.6) is 0 Å². The van der Waals surface area contributed by atoms with Crippen molar-refractivity contribution in [3.63, 3.8) is 0 Å². The van der Waals surface area contributed by atoms with E-state index in [4.69, 9.17) is 23.1 Å². The minimum absolute atomic E-state index is 0.288. The Kier molecular flexibility index (Phi) is 4.41. The van der Waals surface area contributed by atoms with E-state index in [-0.39, 0.29) is 5.56 Å². The molecule has 0 aliphatic carbocycles. The summed E-state index contributed by atoms with van der Waals surface area (Å²) < 4.78 is 1.72. The molecular weight excluding hydrogens is 280 g/mol. The van der Waals surface area contributed by atoms with Gasteiger partial charge in [0, 0.05) is 25.0 Å². The molecule has 0 spiro atoms. The van der Waals surface area contributed by atoms with Gasteiger partial charge in [0.25, 0.3) is 5.91 Å². The van der Waals surface area contributed by atoms with Gasteiger partial charge in [-0.25, -0.2) is 0 Å². The number of hydrogen-bond acceptors (Lipinski definition) is 5. The van der Waals surface area contributed by atoms with Crippen LogP contribution < -0.4 is 16.8 Å². The summed E-state index contributed by atoms with van der Waals surface area (Å²) >= 11 is 6.08. The van der Waals surface area contributed by atoms with Crippen molar-refractivity contribution in [3.05, 3.63) is 35.1 Å². The Morgan fingerprint density at radius 2 is 2.25 bits per heavy atom. The van der Waals surface area contributed by atoms with Gasteiger partial charge in [-0.2, -0.15) is 0 Å². The number of nitrogens with one attached hydrogen (secondary N) is 1. The van der Waals surface area contributed by atoms with Crippen LogP contribution in [0.1, 0.15) is 16.8 Å². The summed E-state index contributed by atoms with van der Waals surface area (Å²) in [6, 6.07) is 3.09. The van der Waals surface area contributed by atoms with Crippen LogP contribution in [0.2, 0.25) is 5.02 Å². The number of anilines is 2. The van der Waals surface area contributed by atoms with Crippen LogP contribution in [0.25, 0.3) is 0 Å². The van der Waals surface area contributed by atoms with Gasteiger partial charge < -0.3 is 16.8 Å². The van der Waals surface area contributed by atoms with Gasteiger partial charge in [0.15, 0.2) is 0 Å². The Labute approximate surface area is 120 Å². The zero-order valence-corrected chi connectivity index (χ0v) is 11.5. The number of carbonyl (C=O) groups is 1. The fourth-order valence-corrected chi connectivity index (χ4v) is 2.10. The van der Waals surface area contributed by atoms with Gasteiger partial charge in [0.2, 0.25) is 0 Å². The first kappa shape index (κ1) is 14.1. The molecule has 1 aromatic carbocycles. The molecule has 0 radical (unpaired) electrons. The predicted molar refractivity (Wildman–Crippen MR) is 77.5 cm³/mol. The zero-order chi connectivity index (χ0) is 14.5. The lowest BCUT2D eigenvalue weighted by Gasteiger charge is -2.13. The van der Waals surface area contributed by atoms with E-state index < -0.39 is 5.91 Å². The number of rotatable bonds is 6. The van der Waals surface area contributed by atoms with Gasteiger partial charge in [-0.3, -0.25) is 9.48 Å². The standard InChI is InChI=1S/C12H15ClN6O/c13-10-7-8(14)6-9(12(15)20)11(10)16-2-1-4-19-5-3-17-18-19/h3,5-7,16H,1-2,4,14H2,(H2,15,20). The van der Waals surface area contributed by atoms with Crippen molar-refractivity contribution in [2.45, 2.75) is 13.0 Å². The normalized spacial score (nSPS) is 10.4. The average Bonchev–Trinajstić information content (AvgIpc) is 2.88. The zero-order valence-electron chi connectivity index (χ0n) is 10.7. The van der Waals surface area contributed by atoms with E-state index in [0.717, 1.165) is 6.42 Å². The van der Waals surface area contributed by atoms with Crippen LogP contribution in [0.4, 0.5) is 11.4 Å². The largest absolute Gasteiger partial charge is 0.399 e.